The van der Waals surface area contributed by atoms with E-state index >= 15 is 0 Å². The van der Waals surface area contributed by atoms with Crippen LogP contribution in [-0.4, -0.2) is 21.9 Å². The average Bonchev–Trinajstić information content (AvgIpc) is 3.12. The molecule has 32 heavy (non-hydrogen) atoms. The third-order valence-electron chi connectivity index (χ3n) is 7.47. The topological polar surface area (TPSA) is 77.4 Å². The molecule has 1 aromatic heterocycles. The van der Waals surface area contributed by atoms with E-state index in [1.165, 1.54) is 11.5 Å². The van der Waals surface area contributed by atoms with Gasteiger partial charge in [0.25, 0.3) is 5.91 Å². The van der Waals surface area contributed by atoms with Gasteiger partial charge < -0.3 is 5.73 Å². The number of primary amides is 1. The first-order valence-electron chi connectivity index (χ1n) is 11.1. The van der Waals surface area contributed by atoms with Crippen LogP contribution in [0.3, 0.4) is 0 Å². The van der Waals surface area contributed by atoms with E-state index < -0.39 is 40.7 Å². The Morgan fingerprint density at radius 2 is 1.78 bits per heavy atom. The summed E-state index contributed by atoms with van der Waals surface area (Å²) in [7, 11) is 0. The van der Waals surface area contributed by atoms with Gasteiger partial charge in [0.2, 0.25) is 5.91 Å². The molecule has 1 heterocycles. The van der Waals surface area contributed by atoms with Crippen molar-refractivity contribution in [2.24, 2.45) is 27.0 Å². The summed E-state index contributed by atoms with van der Waals surface area (Å²) in [5.41, 5.74) is 1.89. The molecule has 2 amide bonds. The van der Waals surface area contributed by atoms with Gasteiger partial charge in [-0.3, -0.25) is 13.5 Å². The van der Waals surface area contributed by atoms with Crippen LogP contribution in [0.15, 0.2) is 11.2 Å². The molecular weight excluding hydrogens is 439 g/mol. The van der Waals surface area contributed by atoms with Gasteiger partial charge in [0, 0.05) is 17.3 Å². The highest BCUT2D eigenvalue weighted by Crippen LogP contribution is 2.65. The van der Waals surface area contributed by atoms with Gasteiger partial charge >= 0.3 is 6.18 Å². The molecule has 0 bridgehead atoms. The lowest BCUT2D eigenvalue weighted by Crippen LogP contribution is -2.53. The van der Waals surface area contributed by atoms with E-state index in [0.29, 0.717) is 4.67 Å². The van der Waals surface area contributed by atoms with Gasteiger partial charge in [0.05, 0.1) is 17.3 Å². The largest absolute Gasteiger partial charge is 0.390 e. The molecule has 1 aliphatic rings. The minimum absolute atomic E-state index is 0.0955. The lowest BCUT2D eigenvalue weighted by Gasteiger charge is -2.46. The van der Waals surface area contributed by atoms with Crippen molar-refractivity contribution in [1.29, 1.82) is 0 Å². The molecule has 0 unspecified atom stereocenters. The SMILES string of the molecule is CCCCc1cn(C(C)(C)C)sc1=NC(=O)[C@]1(C)CC[C@@](CC(F)(F)F)(C(N)=O)C1(C)C. The number of aromatic nitrogens is 1. The lowest BCUT2D eigenvalue weighted by molar-refractivity contribution is -0.184. The highest BCUT2D eigenvalue weighted by molar-refractivity contribution is 7.04. The Morgan fingerprint density at radius 1 is 1.19 bits per heavy atom. The van der Waals surface area contributed by atoms with E-state index in [4.69, 9.17) is 5.73 Å². The van der Waals surface area contributed by atoms with Crippen molar-refractivity contribution in [1.82, 2.24) is 3.96 Å². The molecule has 5 nitrogen and oxygen atoms in total. The maximum Gasteiger partial charge on any atom is 0.390 e. The smallest absolute Gasteiger partial charge is 0.369 e. The summed E-state index contributed by atoms with van der Waals surface area (Å²) in [4.78, 5) is 30.3. The Morgan fingerprint density at radius 3 is 2.25 bits per heavy atom. The number of unbranched alkanes of at least 4 members (excludes halogenated alkanes) is 1. The first kappa shape index (κ1) is 26.6. The van der Waals surface area contributed by atoms with Crippen molar-refractivity contribution in [2.45, 2.75) is 98.7 Å². The summed E-state index contributed by atoms with van der Waals surface area (Å²) in [6.07, 6.45) is -1.18. The van der Waals surface area contributed by atoms with Crippen LogP contribution < -0.4 is 10.4 Å². The van der Waals surface area contributed by atoms with E-state index in [1.807, 2.05) is 10.2 Å². The molecule has 1 aliphatic carbocycles. The van der Waals surface area contributed by atoms with Crippen LogP contribution in [0.5, 0.6) is 0 Å². The first-order valence-corrected chi connectivity index (χ1v) is 11.9. The molecule has 9 heteroatoms. The fourth-order valence-electron chi connectivity index (χ4n) is 4.71. The maximum absolute atomic E-state index is 13.5. The van der Waals surface area contributed by atoms with Crippen molar-refractivity contribution in [3.05, 3.63) is 16.4 Å². The number of amides is 2. The number of halogens is 3. The molecule has 1 fully saturated rings. The van der Waals surface area contributed by atoms with Gasteiger partial charge in [-0.15, -0.1) is 0 Å². The number of alkyl halides is 3. The molecular formula is C23H36F3N3O2S. The molecule has 0 aliphatic heterocycles. The zero-order chi connectivity index (χ0) is 24.8. The molecule has 0 saturated heterocycles. The average molecular weight is 476 g/mol. The van der Waals surface area contributed by atoms with Crippen LogP contribution in [0.25, 0.3) is 0 Å². The fraction of sp³-hybridized carbons (Fsp3) is 0.783. The fourth-order valence-corrected chi connectivity index (χ4v) is 5.75. The molecule has 2 N–H and O–H groups in total. The second-order valence-corrected chi connectivity index (χ2v) is 11.7. The number of carbonyl (C=O) groups is 2. The van der Waals surface area contributed by atoms with Gasteiger partial charge in [-0.05, 0) is 63.4 Å². The van der Waals surface area contributed by atoms with Gasteiger partial charge in [-0.2, -0.15) is 13.2 Å². The molecule has 0 aromatic carbocycles. The third-order valence-corrected chi connectivity index (χ3v) is 8.85. The Kier molecular flexibility index (Phi) is 7.16. The number of hydrogen-bond acceptors (Lipinski definition) is 3. The molecule has 1 aromatic rings. The molecule has 2 rings (SSSR count). The Balaban J connectivity index is 2.57. The van der Waals surface area contributed by atoms with E-state index in [1.54, 1.807) is 20.8 Å². The number of nitrogens with zero attached hydrogens (tertiary/aromatic N) is 2. The van der Waals surface area contributed by atoms with Crippen molar-refractivity contribution >= 4 is 23.3 Å². The first-order chi connectivity index (χ1) is 14.4. The predicted octanol–water partition coefficient (Wildman–Crippen LogP) is 5.32. The van der Waals surface area contributed by atoms with Crippen LogP contribution in [-0.2, 0) is 21.5 Å². The Labute approximate surface area is 192 Å². The second kappa shape index (κ2) is 8.61. The lowest BCUT2D eigenvalue weighted by atomic mass is 9.57. The molecule has 0 radical (unpaired) electrons. The number of hydrogen-bond donors (Lipinski definition) is 1. The predicted molar refractivity (Wildman–Crippen MR) is 120 cm³/mol. The van der Waals surface area contributed by atoms with E-state index in [9.17, 15) is 22.8 Å². The molecule has 182 valence electrons. The molecule has 2 atom stereocenters. The van der Waals surface area contributed by atoms with Gasteiger partial charge in [0.15, 0.2) is 0 Å². The van der Waals surface area contributed by atoms with Gasteiger partial charge in [-0.25, -0.2) is 4.99 Å². The zero-order valence-corrected chi connectivity index (χ0v) is 21.0. The summed E-state index contributed by atoms with van der Waals surface area (Å²) < 4.78 is 42.9. The van der Waals surface area contributed by atoms with E-state index in [0.717, 1.165) is 24.8 Å². The van der Waals surface area contributed by atoms with Crippen LogP contribution in [0.2, 0.25) is 0 Å². The summed E-state index contributed by atoms with van der Waals surface area (Å²) in [5, 5.41) is 0. The van der Waals surface area contributed by atoms with Crippen molar-refractivity contribution < 1.29 is 22.8 Å². The van der Waals surface area contributed by atoms with Crippen molar-refractivity contribution in [3.8, 4) is 0 Å². The second-order valence-electron chi connectivity index (χ2n) is 10.8. The Bertz CT molecular complexity index is 940. The van der Waals surface area contributed by atoms with Crippen LogP contribution in [0.4, 0.5) is 13.2 Å². The number of aryl methyl sites for hydroxylation is 1. The van der Waals surface area contributed by atoms with Gasteiger partial charge in [0.1, 0.15) is 4.67 Å². The summed E-state index contributed by atoms with van der Waals surface area (Å²) in [6, 6.07) is 0. The quantitative estimate of drug-likeness (QED) is 0.604. The van der Waals surface area contributed by atoms with Crippen LogP contribution >= 0.6 is 11.5 Å². The standard InChI is InChI=1S/C23H36F3N3O2S/c1-8-9-10-15-13-29(19(2,3)4)32-16(15)28-18(31)21(7)11-12-22(17(27)30,20(21,5)6)14-23(24,25)26/h13H,8-12,14H2,1-7H3,(H2,27,30)/t21-,22+/m0/s1. The molecule has 1 saturated carbocycles. The van der Waals surface area contributed by atoms with Crippen molar-refractivity contribution in [3.63, 3.8) is 0 Å². The summed E-state index contributed by atoms with van der Waals surface area (Å²) >= 11 is 1.38. The summed E-state index contributed by atoms with van der Waals surface area (Å²) in [5.74, 6) is -1.50. The van der Waals surface area contributed by atoms with Crippen LogP contribution in [0, 0.1) is 16.2 Å². The summed E-state index contributed by atoms with van der Waals surface area (Å²) in [6.45, 7) is 13.0. The minimum Gasteiger partial charge on any atom is -0.369 e. The normalized spacial score (nSPS) is 26.5. The zero-order valence-electron chi connectivity index (χ0n) is 20.2. The molecule has 0 spiro atoms. The third kappa shape index (κ3) is 4.68. The van der Waals surface area contributed by atoms with Crippen LogP contribution in [0.1, 0.15) is 86.1 Å². The maximum atomic E-state index is 13.5. The van der Waals surface area contributed by atoms with E-state index in [2.05, 4.69) is 32.7 Å². The van der Waals surface area contributed by atoms with Gasteiger partial charge in [-0.1, -0.05) is 34.1 Å². The Hall–Kier alpha value is -1.64. The number of rotatable bonds is 6. The van der Waals surface area contributed by atoms with Crippen molar-refractivity contribution in [2.75, 3.05) is 0 Å². The van der Waals surface area contributed by atoms with E-state index in [-0.39, 0.29) is 18.4 Å². The number of nitrogens with two attached hydrogens (primary N) is 1. The number of carbonyl (C=O) groups excluding carboxylic acids is 2. The minimum atomic E-state index is -4.57. The highest BCUT2D eigenvalue weighted by Gasteiger charge is 2.68. The highest BCUT2D eigenvalue weighted by atomic mass is 32.1. The monoisotopic (exact) mass is 475 g/mol.